The van der Waals surface area contributed by atoms with Crippen LogP contribution in [0.15, 0.2) is 24.3 Å². The number of nitrogens with zero attached hydrogens (tertiary/aromatic N) is 5. The molecule has 0 unspecified atom stereocenters. The Balaban J connectivity index is 1.91. The molecule has 7 nitrogen and oxygen atoms in total. The van der Waals surface area contributed by atoms with Crippen LogP contribution in [0.3, 0.4) is 0 Å². The summed E-state index contributed by atoms with van der Waals surface area (Å²) in [6, 6.07) is 8.49. The summed E-state index contributed by atoms with van der Waals surface area (Å²) in [5.41, 5.74) is 0.106. The molecule has 1 aromatic heterocycles. The van der Waals surface area contributed by atoms with Gasteiger partial charge in [-0.1, -0.05) is 19.3 Å². The number of benzene rings is 1. The summed E-state index contributed by atoms with van der Waals surface area (Å²) in [5.74, 6) is 0.860. The molecular weight excluding hydrogens is 333 g/mol. The minimum absolute atomic E-state index is 0.302. The van der Waals surface area contributed by atoms with Gasteiger partial charge in [0.25, 0.3) is 0 Å². The zero-order valence-electron chi connectivity index (χ0n) is 15.0. The molecule has 1 aliphatic rings. The summed E-state index contributed by atoms with van der Waals surface area (Å²) in [6.45, 7) is 0. The number of anilines is 4. The molecule has 26 heavy (non-hydrogen) atoms. The van der Waals surface area contributed by atoms with Crippen LogP contribution in [-0.2, 0) is 0 Å². The van der Waals surface area contributed by atoms with Gasteiger partial charge in [-0.25, -0.2) is 4.39 Å². The number of nitrogens with one attached hydrogen (secondary N) is 2. The molecule has 1 saturated carbocycles. The standard InChI is InChI=1S/C18H22FN7/c1-21-15-22-16(25-18(12-20)10-4-3-5-11-18)24-17(23-15)26(2)14-8-6-13(19)7-9-14/h6-9H,3-5,10-11H2,1-2H3,(H2,21,22,23,24,25). The van der Waals surface area contributed by atoms with E-state index in [1.54, 1.807) is 31.1 Å². The fourth-order valence-corrected chi connectivity index (χ4v) is 3.10. The van der Waals surface area contributed by atoms with Crippen molar-refractivity contribution in [1.82, 2.24) is 15.0 Å². The molecule has 0 saturated heterocycles. The second-order valence-corrected chi connectivity index (χ2v) is 6.45. The first-order valence-corrected chi connectivity index (χ1v) is 8.68. The third-order valence-corrected chi connectivity index (χ3v) is 4.63. The highest BCUT2D eigenvalue weighted by atomic mass is 19.1. The third kappa shape index (κ3) is 3.82. The van der Waals surface area contributed by atoms with Gasteiger partial charge in [0.05, 0.1) is 6.07 Å². The molecule has 1 aromatic carbocycles. The number of hydrogen-bond acceptors (Lipinski definition) is 7. The Kier molecular flexibility index (Phi) is 5.16. The van der Waals surface area contributed by atoms with Crippen LogP contribution in [0.4, 0.5) is 27.9 Å². The van der Waals surface area contributed by atoms with Gasteiger partial charge in [0.2, 0.25) is 17.8 Å². The molecule has 8 heteroatoms. The zero-order valence-corrected chi connectivity index (χ0v) is 15.0. The van der Waals surface area contributed by atoms with Crippen LogP contribution in [0.2, 0.25) is 0 Å². The highest BCUT2D eigenvalue weighted by Crippen LogP contribution is 2.31. The maximum absolute atomic E-state index is 13.2. The van der Waals surface area contributed by atoms with Crippen molar-refractivity contribution in [2.24, 2.45) is 0 Å². The zero-order chi connectivity index (χ0) is 18.6. The molecule has 0 aliphatic heterocycles. The van der Waals surface area contributed by atoms with E-state index in [2.05, 4.69) is 31.7 Å². The van der Waals surface area contributed by atoms with Gasteiger partial charge in [-0.3, -0.25) is 0 Å². The summed E-state index contributed by atoms with van der Waals surface area (Å²) in [7, 11) is 3.52. The van der Waals surface area contributed by atoms with Crippen molar-refractivity contribution >= 4 is 23.5 Å². The largest absolute Gasteiger partial charge is 0.357 e. The van der Waals surface area contributed by atoms with E-state index in [1.165, 1.54) is 12.1 Å². The molecule has 2 N–H and O–H groups in total. The molecular formula is C18H22FN7. The highest BCUT2D eigenvalue weighted by molar-refractivity contribution is 5.58. The predicted octanol–water partition coefficient (Wildman–Crippen LogP) is 3.46. The van der Waals surface area contributed by atoms with Crippen molar-refractivity contribution in [3.05, 3.63) is 30.1 Å². The quantitative estimate of drug-likeness (QED) is 0.849. The minimum atomic E-state index is -0.643. The normalized spacial score (nSPS) is 15.8. The Bertz CT molecular complexity index is 794. The first-order chi connectivity index (χ1) is 12.5. The van der Waals surface area contributed by atoms with Gasteiger partial charge in [0.1, 0.15) is 11.4 Å². The van der Waals surface area contributed by atoms with E-state index in [1.807, 2.05) is 0 Å². The van der Waals surface area contributed by atoms with Crippen LogP contribution in [0.5, 0.6) is 0 Å². The second kappa shape index (κ2) is 7.52. The Labute approximate surface area is 152 Å². The van der Waals surface area contributed by atoms with E-state index < -0.39 is 5.54 Å². The summed E-state index contributed by atoms with van der Waals surface area (Å²) in [5, 5.41) is 15.8. The van der Waals surface area contributed by atoms with Crippen LogP contribution in [-0.4, -0.2) is 34.6 Å². The average molecular weight is 355 g/mol. The lowest BCUT2D eigenvalue weighted by Crippen LogP contribution is -2.39. The lowest BCUT2D eigenvalue weighted by Gasteiger charge is -2.31. The Hall–Kier alpha value is -2.95. The number of rotatable bonds is 5. The predicted molar refractivity (Wildman–Crippen MR) is 98.9 cm³/mol. The summed E-state index contributed by atoms with van der Waals surface area (Å²) >= 11 is 0. The molecule has 0 radical (unpaired) electrons. The third-order valence-electron chi connectivity index (χ3n) is 4.63. The van der Waals surface area contributed by atoms with Crippen LogP contribution in [0.1, 0.15) is 32.1 Å². The minimum Gasteiger partial charge on any atom is -0.357 e. The molecule has 0 atom stereocenters. The molecule has 1 heterocycles. The molecule has 1 fully saturated rings. The van der Waals surface area contributed by atoms with Gasteiger partial charge in [-0.05, 0) is 37.1 Å². The van der Waals surface area contributed by atoms with Gasteiger partial charge in [-0.15, -0.1) is 0 Å². The molecule has 3 rings (SSSR count). The number of aromatic nitrogens is 3. The lowest BCUT2D eigenvalue weighted by atomic mass is 9.83. The smallest absolute Gasteiger partial charge is 0.236 e. The van der Waals surface area contributed by atoms with Crippen molar-refractivity contribution < 1.29 is 4.39 Å². The molecule has 0 bridgehead atoms. The maximum atomic E-state index is 13.2. The van der Waals surface area contributed by atoms with E-state index in [0.29, 0.717) is 17.8 Å². The van der Waals surface area contributed by atoms with Crippen molar-refractivity contribution in [3.8, 4) is 6.07 Å². The second-order valence-electron chi connectivity index (χ2n) is 6.45. The lowest BCUT2D eigenvalue weighted by molar-refractivity contribution is 0.390. The SMILES string of the molecule is CNc1nc(NC2(C#N)CCCCC2)nc(N(C)c2ccc(F)cc2)n1. The monoisotopic (exact) mass is 355 g/mol. The fraction of sp³-hybridized carbons (Fsp3) is 0.444. The highest BCUT2D eigenvalue weighted by Gasteiger charge is 2.33. The first kappa shape index (κ1) is 17.9. The molecule has 2 aromatic rings. The van der Waals surface area contributed by atoms with E-state index in [9.17, 15) is 9.65 Å². The van der Waals surface area contributed by atoms with E-state index in [4.69, 9.17) is 0 Å². The van der Waals surface area contributed by atoms with Gasteiger partial charge in [0, 0.05) is 19.8 Å². The first-order valence-electron chi connectivity index (χ1n) is 8.68. The number of halogens is 1. The average Bonchev–Trinajstić information content (AvgIpc) is 2.68. The fourth-order valence-electron chi connectivity index (χ4n) is 3.10. The van der Waals surface area contributed by atoms with Crippen molar-refractivity contribution in [2.45, 2.75) is 37.6 Å². The maximum Gasteiger partial charge on any atom is 0.236 e. The van der Waals surface area contributed by atoms with E-state index in [0.717, 1.165) is 37.8 Å². The summed E-state index contributed by atoms with van der Waals surface area (Å²) in [6.07, 6.45) is 4.70. The van der Waals surface area contributed by atoms with Gasteiger partial charge in [-0.2, -0.15) is 20.2 Å². The Morgan fingerprint density at radius 2 is 1.73 bits per heavy atom. The molecule has 0 spiro atoms. The van der Waals surface area contributed by atoms with Crippen LogP contribution < -0.4 is 15.5 Å². The molecule has 0 amide bonds. The van der Waals surface area contributed by atoms with Crippen LogP contribution in [0.25, 0.3) is 0 Å². The molecule has 136 valence electrons. The van der Waals surface area contributed by atoms with Crippen LogP contribution >= 0.6 is 0 Å². The van der Waals surface area contributed by atoms with Gasteiger partial charge < -0.3 is 15.5 Å². The van der Waals surface area contributed by atoms with Gasteiger partial charge in [0.15, 0.2) is 0 Å². The van der Waals surface area contributed by atoms with Gasteiger partial charge >= 0.3 is 0 Å². The van der Waals surface area contributed by atoms with E-state index in [-0.39, 0.29) is 5.82 Å². The van der Waals surface area contributed by atoms with Crippen molar-refractivity contribution in [1.29, 1.82) is 5.26 Å². The Morgan fingerprint density at radius 1 is 1.08 bits per heavy atom. The van der Waals surface area contributed by atoms with Crippen molar-refractivity contribution in [3.63, 3.8) is 0 Å². The topological polar surface area (TPSA) is 89.8 Å². The Morgan fingerprint density at radius 3 is 2.35 bits per heavy atom. The molecule has 1 aliphatic carbocycles. The number of nitriles is 1. The van der Waals surface area contributed by atoms with E-state index >= 15 is 0 Å². The number of hydrogen-bond donors (Lipinski definition) is 2. The van der Waals surface area contributed by atoms with Crippen molar-refractivity contribution in [2.75, 3.05) is 29.6 Å². The summed E-state index contributed by atoms with van der Waals surface area (Å²) in [4.78, 5) is 14.9. The van der Waals surface area contributed by atoms with Crippen LogP contribution in [0, 0.1) is 17.1 Å². The summed E-state index contributed by atoms with van der Waals surface area (Å²) < 4.78 is 13.2.